The van der Waals surface area contributed by atoms with Gasteiger partial charge in [0.2, 0.25) is 5.91 Å². The van der Waals surface area contributed by atoms with Crippen LogP contribution in [0.3, 0.4) is 0 Å². The van der Waals surface area contributed by atoms with Crippen LogP contribution in [0.5, 0.6) is 0 Å². The molecule has 29 heavy (non-hydrogen) atoms. The zero-order valence-corrected chi connectivity index (χ0v) is 16.2. The average Bonchev–Trinajstić information content (AvgIpc) is 3.03. The number of rotatable bonds is 4. The van der Waals surface area contributed by atoms with E-state index in [1.807, 2.05) is 25.1 Å². The van der Waals surface area contributed by atoms with E-state index >= 15 is 0 Å². The monoisotopic (exact) mass is 394 g/mol. The maximum absolute atomic E-state index is 14.2. The maximum Gasteiger partial charge on any atom is 0.257 e. The third kappa shape index (κ3) is 3.68. The van der Waals surface area contributed by atoms with E-state index in [2.05, 4.69) is 15.5 Å². The molecule has 1 atom stereocenters. The van der Waals surface area contributed by atoms with Gasteiger partial charge in [0.25, 0.3) is 5.91 Å². The molecule has 4 N–H and O–H groups in total. The number of carbonyl (C=O) groups excluding carboxylic acids is 2. The zero-order chi connectivity index (χ0) is 20.5. The molecule has 2 heterocycles. The molecule has 0 radical (unpaired) electrons. The Morgan fingerprint density at radius 1 is 1.34 bits per heavy atom. The van der Waals surface area contributed by atoms with Gasteiger partial charge in [-0.3, -0.25) is 9.59 Å². The Hall–Kier alpha value is -3.35. The number of primary amides is 1. The lowest BCUT2D eigenvalue weighted by Gasteiger charge is -2.34. The van der Waals surface area contributed by atoms with Gasteiger partial charge >= 0.3 is 0 Å². The first-order valence-electron chi connectivity index (χ1n) is 9.66. The molecule has 0 aromatic heterocycles. The first-order valence-corrected chi connectivity index (χ1v) is 9.66. The summed E-state index contributed by atoms with van der Waals surface area (Å²) in [7, 11) is 0. The lowest BCUT2D eigenvalue weighted by molar-refractivity contribution is -0.122. The first-order chi connectivity index (χ1) is 13.9. The number of hydrogen-bond donors (Lipinski definition) is 3. The standard InChI is InChI=1S/C22H23FN4O2/c1-13-10-15(7-8-19(13)27-9-3-4-14(12-27)21(24)28)25-11-16-20-17(23)5-2-6-18(20)26-22(16)29/h2,5-8,10-11,14,25H,3-4,9,12H2,1H3,(H2,24,28)(H,26,29)/b16-11-. The van der Waals surface area contributed by atoms with Crippen LogP contribution in [-0.4, -0.2) is 24.9 Å². The highest BCUT2D eigenvalue weighted by Crippen LogP contribution is 2.34. The van der Waals surface area contributed by atoms with Gasteiger partial charge < -0.3 is 21.3 Å². The quantitative estimate of drug-likeness (QED) is 0.695. The normalized spacial score (nSPS) is 19.8. The number of nitrogens with zero attached hydrogens (tertiary/aromatic N) is 1. The van der Waals surface area contributed by atoms with Gasteiger partial charge in [-0.25, -0.2) is 4.39 Å². The van der Waals surface area contributed by atoms with Crippen molar-refractivity contribution in [2.45, 2.75) is 19.8 Å². The molecule has 1 saturated heterocycles. The molecule has 2 amide bonds. The van der Waals surface area contributed by atoms with Crippen LogP contribution in [0.25, 0.3) is 5.57 Å². The largest absolute Gasteiger partial charge is 0.371 e. The molecule has 6 nitrogen and oxygen atoms in total. The first kappa shape index (κ1) is 19.0. The molecule has 2 aliphatic heterocycles. The van der Waals surface area contributed by atoms with Crippen molar-refractivity contribution in [3.05, 3.63) is 59.5 Å². The van der Waals surface area contributed by atoms with Crippen molar-refractivity contribution in [1.29, 1.82) is 0 Å². The van der Waals surface area contributed by atoms with Gasteiger partial charge in [0.05, 0.1) is 17.2 Å². The van der Waals surface area contributed by atoms with Crippen LogP contribution in [0, 0.1) is 18.7 Å². The molecule has 0 bridgehead atoms. The molecule has 0 aliphatic carbocycles. The van der Waals surface area contributed by atoms with Crippen LogP contribution in [0.4, 0.5) is 21.5 Å². The summed E-state index contributed by atoms with van der Waals surface area (Å²) >= 11 is 0. The fraction of sp³-hybridized carbons (Fsp3) is 0.273. The number of hydrogen-bond acceptors (Lipinski definition) is 4. The number of aryl methyl sites for hydroxylation is 1. The second-order valence-corrected chi connectivity index (χ2v) is 7.51. The minimum Gasteiger partial charge on any atom is -0.371 e. The third-order valence-electron chi connectivity index (χ3n) is 5.52. The Kier molecular flexibility index (Phi) is 4.96. The van der Waals surface area contributed by atoms with Crippen LogP contribution in [-0.2, 0) is 9.59 Å². The molecule has 1 fully saturated rings. The zero-order valence-electron chi connectivity index (χ0n) is 16.2. The van der Waals surface area contributed by atoms with Gasteiger partial charge in [-0.05, 0) is 55.7 Å². The Balaban J connectivity index is 1.53. The van der Waals surface area contributed by atoms with E-state index in [4.69, 9.17) is 5.73 Å². The van der Waals surface area contributed by atoms with Crippen LogP contribution in [0.15, 0.2) is 42.6 Å². The van der Waals surface area contributed by atoms with E-state index in [1.165, 1.54) is 12.3 Å². The number of halogens is 1. The Morgan fingerprint density at radius 2 is 2.17 bits per heavy atom. The summed E-state index contributed by atoms with van der Waals surface area (Å²) in [6, 6.07) is 10.4. The van der Waals surface area contributed by atoms with E-state index in [1.54, 1.807) is 12.1 Å². The fourth-order valence-electron chi connectivity index (χ4n) is 4.03. The van der Waals surface area contributed by atoms with Crippen molar-refractivity contribution in [3.8, 4) is 0 Å². The number of piperidine rings is 1. The van der Waals surface area contributed by atoms with Crippen LogP contribution in [0.2, 0.25) is 0 Å². The number of amides is 2. The molecule has 2 aromatic carbocycles. The summed E-state index contributed by atoms with van der Waals surface area (Å²) in [6.45, 7) is 3.51. The molecule has 2 aromatic rings. The summed E-state index contributed by atoms with van der Waals surface area (Å²) in [5.74, 6) is -1.15. The number of carbonyl (C=O) groups is 2. The number of fused-ring (bicyclic) bond motifs is 1. The van der Waals surface area contributed by atoms with Gasteiger partial charge in [0.1, 0.15) is 5.82 Å². The van der Waals surface area contributed by atoms with Gasteiger partial charge in [-0.1, -0.05) is 6.07 Å². The number of anilines is 3. The van der Waals surface area contributed by atoms with Crippen LogP contribution >= 0.6 is 0 Å². The molecule has 1 unspecified atom stereocenters. The predicted molar refractivity (Wildman–Crippen MR) is 112 cm³/mol. The smallest absolute Gasteiger partial charge is 0.257 e. The summed E-state index contributed by atoms with van der Waals surface area (Å²) in [5.41, 5.74) is 9.40. The second-order valence-electron chi connectivity index (χ2n) is 7.51. The van der Waals surface area contributed by atoms with Crippen LogP contribution in [0.1, 0.15) is 24.0 Å². The lowest BCUT2D eigenvalue weighted by Crippen LogP contribution is -2.41. The summed E-state index contributed by atoms with van der Waals surface area (Å²) < 4.78 is 14.2. The van der Waals surface area contributed by atoms with E-state index < -0.39 is 5.82 Å². The van der Waals surface area contributed by atoms with Gasteiger partial charge in [0.15, 0.2) is 0 Å². The molecular formula is C22H23FN4O2. The predicted octanol–water partition coefficient (Wildman–Crippen LogP) is 3.24. The Labute approximate surface area is 168 Å². The Bertz CT molecular complexity index is 1020. The van der Waals surface area contributed by atoms with Crippen molar-refractivity contribution in [1.82, 2.24) is 0 Å². The number of nitrogens with two attached hydrogens (primary N) is 1. The lowest BCUT2D eigenvalue weighted by atomic mass is 9.96. The van der Waals surface area contributed by atoms with Crippen molar-refractivity contribution in [2.24, 2.45) is 11.7 Å². The summed E-state index contributed by atoms with van der Waals surface area (Å²) in [4.78, 5) is 25.9. The molecule has 2 aliphatic rings. The van der Waals surface area contributed by atoms with Gasteiger partial charge in [-0.2, -0.15) is 0 Å². The van der Waals surface area contributed by atoms with Crippen molar-refractivity contribution >= 4 is 34.4 Å². The molecule has 0 saturated carbocycles. The topological polar surface area (TPSA) is 87.5 Å². The minimum absolute atomic E-state index is 0.124. The average molecular weight is 394 g/mol. The van der Waals surface area contributed by atoms with Crippen molar-refractivity contribution < 1.29 is 14.0 Å². The van der Waals surface area contributed by atoms with E-state index in [-0.39, 0.29) is 28.9 Å². The number of benzene rings is 2. The number of nitrogens with one attached hydrogen (secondary N) is 2. The highest BCUT2D eigenvalue weighted by Gasteiger charge is 2.27. The van der Waals surface area contributed by atoms with Crippen molar-refractivity contribution in [3.63, 3.8) is 0 Å². The van der Waals surface area contributed by atoms with E-state index in [9.17, 15) is 14.0 Å². The highest BCUT2D eigenvalue weighted by molar-refractivity contribution is 6.31. The third-order valence-corrected chi connectivity index (χ3v) is 5.52. The summed E-state index contributed by atoms with van der Waals surface area (Å²) in [6.07, 6.45) is 3.29. The molecule has 0 spiro atoms. The summed E-state index contributed by atoms with van der Waals surface area (Å²) in [5, 5.41) is 5.77. The van der Waals surface area contributed by atoms with E-state index in [0.29, 0.717) is 12.2 Å². The second kappa shape index (κ2) is 7.58. The fourth-order valence-corrected chi connectivity index (χ4v) is 4.03. The van der Waals surface area contributed by atoms with E-state index in [0.717, 1.165) is 36.3 Å². The highest BCUT2D eigenvalue weighted by atomic mass is 19.1. The SMILES string of the molecule is Cc1cc(N/C=C2\C(=O)Nc3cccc(F)c32)ccc1N1CCCC(C(N)=O)C1. The molecule has 7 heteroatoms. The molecule has 4 rings (SSSR count). The Morgan fingerprint density at radius 3 is 2.93 bits per heavy atom. The molecule has 150 valence electrons. The molecular weight excluding hydrogens is 371 g/mol. The maximum atomic E-state index is 14.2. The van der Waals surface area contributed by atoms with Crippen LogP contribution < -0.4 is 21.3 Å². The van der Waals surface area contributed by atoms with Crippen molar-refractivity contribution in [2.75, 3.05) is 28.6 Å². The minimum atomic E-state index is -0.436. The van der Waals surface area contributed by atoms with Gasteiger partial charge in [0, 0.05) is 36.2 Å². The van der Waals surface area contributed by atoms with Gasteiger partial charge in [-0.15, -0.1) is 0 Å².